The van der Waals surface area contributed by atoms with Gasteiger partial charge in [-0.2, -0.15) is 5.26 Å². The molecule has 2 rings (SSSR count). The summed E-state index contributed by atoms with van der Waals surface area (Å²) in [4.78, 5) is 0. The first-order valence-corrected chi connectivity index (χ1v) is 8.22. The van der Waals surface area contributed by atoms with Crippen molar-refractivity contribution < 1.29 is 13.2 Å². The van der Waals surface area contributed by atoms with Crippen LogP contribution in [0.25, 0.3) is 0 Å². The topological polar surface area (TPSA) is 79.2 Å². The fourth-order valence-electron chi connectivity index (χ4n) is 2.40. The van der Waals surface area contributed by atoms with E-state index < -0.39 is 9.84 Å². The van der Waals surface area contributed by atoms with E-state index in [1.54, 1.807) is 12.1 Å². The van der Waals surface area contributed by atoms with Crippen LogP contribution in [0.3, 0.4) is 0 Å². The van der Waals surface area contributed by atoms with Crippen LogP contribution in [0.5, 0.6) is 5.75 Å². The number of benzene rings is 1. The van der Waals surface area contributed by atoms with Gasteiger partial charge in [0.1, 0.15) is 11.8 Å². The Bertz CT molecular complexity index is 649. The minimum atomic E-state index is -2.91. The highest BCUT2D eigenvalue weighted by Gasteiger charge is 2.37. The Labute approximate surface area is 119 Å². The van der Waals surface area contributed by atoms with Crippen molar-refractivity contribution in [1.82, 2.24) is 5.32 Å². The van der Waals surface area contributed by atoms with Crippen LogP contribution in [-0.2, 0) is 16.4 Å². The maximum absolute atomic E-state index is 11.5. The highest BCUT2D eigenvalue weighted by molar-refractivity contribution is 7.91. The quantitative estimate of drug-likeness (QED) is 0.903. The lowest BCUT2D eigenvalue weighted by atomic mass is 10.0. The number of sulfone groups is 1. The third-order valence-electron chi connectivity index (χ3n) is 3.61. The molecule has 1 saturated heterocycles. The monoisotopic (exact) mass is 294 g/mol. The van der Waals surface area contributed by atoms with Gasteiger partial charge in [-0.1, -0.05) is 6.07 Å². The molecule has 1 aromatic carbocycles. The number of nitriles is 1. The number of nitrogens with one attached hydrogen (secondary N) is 1. The molecule has 0 bridgehead atoms. The molecule has 0 amide bonds. The zero-order chi connectivity index (χ0) is 14.8. The first-order chi connectivity index (χ1) is 9.37. The van der Waals surface area contributed by atoms with E-state index in [1.807, 2.05) is 13.0 Å². The number of hydrogen-bond acceptors (Lipinski definition) is 5. The third-order valence-corrected chi connectivity index (χ3v) is 5.51. The summed E-state index contributed by atoms with van der Waals surface area (Å²) in [5.41, 5.74) is 1.08. The number of methoxy groups -OCH3 is 1. The summed E-state index contributed by atoms with van der Waals surface area (Å²) < 4.78 is 28.3. The van der Waals surface area contributed by atoms with E-state index in [1.165, 1.54) is 7.11 Å². The molecule has 1 heterocycles. The maximum Gasteiger partial charge on any atom is 0.152 e. The van der Waals surface area contributed by atoms with E-state index in [9.17, 15) is 8.42 Å². The van der Waals surface area contributed by atoms with E-state index in [0.717, 1.165) is 5.56 Å². The minimum Gasteiger partial charge on any atom is -0.495 e. The van der Waals surface area contributed by atoms with Crippen LogP contribution < -0.4 is 10.1 Å². The van der Waals surface area contributed by atoms with Crippen LogP contribution in [0.2, 0.25) is 0 Å². The van der Waals surface area contributed by atoms with Crippen LogP contribution in [0.4, 0.5) is 0 Å². The zero-order valence-electron chi connectivity index (χ0n) is 11.6. The SMILES string of the molecule is COc1cc(CNC2(C)CCS(=O)(=O)C2)ccc1C#N. The van der Waals surface area contributed by atoms with Crippen LogP contribution in [0.15, 0.2) is 18.2 Å². The normalized spacial score (nSPS) is 24.2. The summed E-state index contributed by atoms with van der Waals surface area (Å²) in [5, 5.41) is 12.2. The molecule has 108 valence electrons. The van der Waals surface area contributed by atoms with Gasteiger partial charge in [0, 0.05) is 12.1 Å². The highest BCUT2D eigenvalue weighted by Crippen LogP contribution is 2.24. The number of hydrogen-bond donors (Lipinski definition) is 1. The molecule has 0 radical (unpaired) electrons. The Balaban J connectivity index is 2.07. The molecule has 0 spiro atoms. The molecule has 6 heteroatoms. The molecule has 1 unspecified atom stereocenters. The highest BCUT2D eigenvalue weighted by atomic mass is 32.2. The summed E-state index contributed by atoms with van der Waals surface area (Å²) in [5.74, 6) is 0.955. The van der Waals surface area contributed by atoms with Gasteiger partial charge in [0.15, 0.2) is 9.84 Å². The van der Waals surface area contributed by atoms with Gasteiger partial charge in [-0.15, -0.1) is 0 Å². The standard InChI is InChI=1S/C14H18N2O3S/c1-14(5-6-20(17,18)10-14)16-9-11-3-4-12(8-15)13(7-11)19-2/h3-4,7,16H,5-6,9-10H2,1-2H3. The smallest absolute Gasteiger partial charge is 0.152 e. The second-order valence-corrected chi connectivity index (χ2v) is 7.59. The summed E-state index contributed by atoms with van der Waals surface area (Å²) in [6.45, 7) is 2.48. The lowest BCUT2D eigenvalue weighted by molar-refractivity contribution is 0.392. The van der Waals surface area contributed by atoms with E-state index in [0.29, 0.717) is 24.3 Å². The largest absolute Gasteiger partial charge is 0.495 e. The van der Waals surface area contributed by atoms with Gasteiger partial charge >= 0.3 is 0 Å². The van der Waals surface area contributed by atoms with Crippen molar-refractivity contribution in [2.24, 2.45) is 0 Å². The van der Waals surface area contributed by atoms with Gasteiger partial charge in [-0.05, 0) is 31.0 Å². The Hall–Kier alpha value is -1.58. The average molecular weight is 294 g/mol. The average Bonchev–Trinajstić information content (AvgIpc) is 2.70. The molecule has 20 heavy (non-hydrogen) atoms. The Kier molecular flexibility index (Phi) is 4.02. The molecule has 1 aliphatic heterocycles. The lowest BCUT2D eigenvalue weighted by Gasteiger charge is -2.24. The molecule has 5 nitrogen and oxygen atoms in total. The Morgan fingerprint density at radius 1 is 1.50 bits per heavy atom. The summed E-state index contributed by atoms with van der Waals surface area (Å²) in [7, 11) is -1.39. The van der Waals surface area contributed by atoms with E-state index in [2.05, 4.69) is 11.4 Å². The molecule has 1 N–H and O–H groups in total. The van der Waals surface area contributed by atoms with Gasteiger partial charge in [0.25, 0.3) is 0 Å². The van der Waals surface area contributed by atoms with Crippen molar-refractivity contribution in [3.8, 4) is 11.8 Å². The molecule has 1 fully saturated rings. The van der Waals surface area contributed by atoms with Gasteiger partial charge in [-0.25, -0.2) is 8.42 Å². The van der Waals surface area contributed by atoms with Crippen molar-refractivity contribution in [2.75, 3.05) is 18.6 Å². The minimum absolute atomic E-state index is 0.174. The fraction of sp³-hybridized carbons (Fsp3) is 0.500. The van der Waals surface area contributed by atoms with Crippen molar-refractivity contribution in [1.29, 1.82) is 5.26 Å². The maximum atomic E-state index is 11.5. The van der Waals surface area contributed by atoms with Gasteiger partial charge in [0.2, 0.25) is 0 Å². The van der Waals surface area contributed by atoms with Crippen LogP contribution in [0.1, 0.15) is 24.5 Å². The van der Waals surface area contributed by atoms with E-state index in [-0.39, 0.29) is 17.0 Å². The van der Waals surface area contributed by atoms with Gasteiger partial charge < -0.3 is 10.1 Å². The first-order valence-electron chi connectivity index (χ1n) is 6.40. The number of ether oxygens (including phenoxy) is 1. The second kappa shape index (κ2) is 5.43. The predicted molar refractivity (Wildman–Crippen MR) is 76.2 cm³/mol. The summed E-state index contributed by atoms with van der Waals surface area (Å²) in [6.07, 6.45) is 0.628. The molecule has 0 saturated carbocycles. The third kappa shape index (κ3) is 3.30. The summed E-state index contributed by atoms with van der Waals surface area (Å²) >= 11 is 0. The molecule has 0 aromatic heterocycles. The second-order valence-electron chi connectivity index (χ2n) is 5.40. The molecule has 1 aromatic rings. The predicted octanol–water partition coefficient (Wildman–Crippen LogP) is 1.23. The lowest BCUT2D eigenvalue weighted by Crippen LogP contribution is -2.42. The molecule has 1 aliphatic rings. The van der Waals surface area contributed by atoms with Crippen molar-refractivity contribution in [2.45, 2.75) is 25.4 Å². The van der Waals surface area contributed by atoms with Crippen molar-refractivity contribution in [3.05, 3.63) is 29.3 Å². The molecular weight excluding hydrogens is 276 g/mol. The molecular formula is C14H18N2O3S. The zero-order valence-corrected chi connectivity index (χ0v) is 12.5. The van der Waals surface area contributed by atoms with Gasteiger partial charge in [0.05, 0.1) is 24.2 Å². The Morgan fingerprint density at radius 3 is 2.80 bits per heavy atom. The van der Waals surface area contributed by atoms with Crippen molar-refractivity contribution in [3.63, 3.8) is 0 Å². The number of nitrogens with zero attached hydrogens (tertiary/aromatic N) is 1. The van der Waals surface area contributed by atoms with E-state index >= 15 is 0 Å². The van der Waals surface area contributed by atoms with Crippen LogP contribution in [-0.4, -0.2) is 32.6 Å². The van der Waals surface area contributed by atoms with E-state index in [4.69, 9.17) is 10.00 Å². The van der Waals surface area contributed by atoms with Crippen molar-refractivity contribution >= 4 is 9.84 Å². The Morgan fingerprint density at radius 2 is 2.25 bits per heavy atom. The van der Waals surface area contributed by atoms with Gasteiger partial charge in [-0.3, -0.25) is 0 Å². The molecule has 0 aliphatic carbocycles. The fourth-order valence-corrected chi connectivity index (χ4v) is 4.53. The first kappa shape index (κ1) is 14.8. The summed E-state index contributed by atoms with van der Waals surface area (Å²) in [6, 6.07) is 7.43. The van der Waals surface area contributed by atoms with Crippen LogP contribution >= 0.6 is 0 Å². The molecule has 1 atom stereocenters. The number of rotatable bonds is 4. The van der Waals surface area contributed by atoms with Crippen LogP contribution in [0, 0.1) is 11.3 Å².